The number of nitrogens with one attached hydrogen (secondary N) is 1. The van der Waals surface area contributed by atoms with Gasteiger partial charge in [-0.25, -0.2) is 13.1 Å². The molecule has 0 spiro atoms. The minimum absolute atomic E-state index is 0.162. The normalized spacial score (nSPS) is 11.6. The van der Waals surface area contributed by atoms with Gasteiger partial charge in [-0.2, -0.15) is 0 Å². The first kappa shape index (κ1) is 15.5. The maximum absolute atomic E-state index is 12.3. The molecule has 0 unspecified atom stereocenters. The van der Waals surface area contributed by atoms with E-state index in [1.165, 1.54) is 0 Å². The molecular formula is C14H13BrClNO2S. The second-order valence-corrected chi connectivity index (χ2v) is 7.29. The van der Waals surface area contributed by atoms with E-state index in [2.05, 4.69) is 20.7 Å². The molecule has 0 aliphatic heterocycles. The molecule has 0 aliphatic rings. The van der Waals surface area contributed by atoms with Crippen LogP contribution in [0.2, 0.25) is 5.02 Å². The van der Waals surface area contributed by atoms with Crippen LogP contribution in [0.5, 0.6) is 0 Å². The van der Waals surface area contributed by atoms with E-state index in [1.807, 2.05) is 19.1 Å². The van der Waals surface area contributed by atoms with Gasteiger partial charge in [0.15, 0.2) is 0 Å². The predicted molar refractivity (Wildman–Crippen MR) is 84.4 cm³/mol. The summed E-state index contributed by atoms with van der Waals surface area (Å²) >= 11 is 9.33. The highest BCUT2D eigenvalue weighted by Gasteiger charge is 2.17. The fraction of sp³-hybridized carbons (Fsp3) is 0.143. The Labute approximate surface area is 132 Å². The van der Waals surface area contributed by atoms with E-state index in [0.29, 0.717) is 9.50 Å². The minimum Gasteiger partial charge on any atom is -0.207 e. The first-order valence-corrected chi connectivity index (χ1v) is 8.55. The number of hydrogen-bond acceptors (Lipinski definition) is 2. The van der Waals surface area contributed by atoms with Crippen molar-refractivity contribution in [2.75, 3.05) is 0 Å². The number of hydrogen-bond donors (Lipinski definition) is 1. The van der Waals surface area contributed by atoms with Gasteiger partial charge in [0.25, 0.3) is 0 Å². The molecule has 20 heavy (non-hydrogen) atoms. The first-order chi connectivity index (χ1) is 9.42. The molecule has 3 nitrogen and oxygen atoms in total. The van der Waals surface area contributed by atoms with Gasteiger partial charge in [0.05, 0.1) is 4.90 Å². The van der Waals surface area contributed by atoms with E-state index in [4.69, 9.17) is 11.6 Å². The average molecular weight is 375 g/mol. The van der Waals surface area contributed by atoms with Crippen LogP contribution >= 0.6 is 27.5 Å². The Kier molecular flexibility index (Phi) is 4.86. The topological polar surface area (TPSA) is 46.2 Å². The van der Waals surface area contributed by atoms with Crippen LogP contribution in [-0.4, -0.2) is 8.42 Å². The predicted octanol–water partition coefficient (Wildman–Crippen LogP) is 3.89. The summed E-state index contributed by atoms with van der Waals surface area (Å²) in [6.45, 7) is 2.06. The van der Waals surface area contributed by atoms with Crippen LogP contribution in [0, 0.1) is 6.92 Å². The molecule has 0 saturated carbocycles. The molecule has 0 saturated heterocycles. The molecular weight excluding hydrogens is 362 g/mol. The SMILES string of the molecule is Cc1cccc(Cl)c1CNS(=O)(=O)c1ccccc1Br. The summed E-state index contributed by atoms with van der Waals surface area (Å²) in [6.07, 6.45) is 0. The highest BCUT2D eigenvalue weighted by Crippen LogP contribution is 2.23. The van der Waals surface area contributed by atoms with E-state index in [-0.39, 0.29) is 11.4 Å². The summed E-state index contributed by atoms with van der Waals surface area (Å²) in [5.74, 6) is 0. The van der Waals surface area contributed by atoms with Crippen LogP contribution in [0.15, 0.2) is 51.8 Å². The average Bonchev–Trinajstić information content (AvgIpc) is 2.38. The Morgan fingerprint density at radius 3 is 2.50 bits per heavy atom. The van der Waals surface area contributed by atoms with E-state index >= 15 is 0 Å². The van der Waals surface area contributed by atoms with Crippen LogP contribution in [-0.2, 0) is 16.6 Å². The zero-order chi connectivity index (χ0) is 14.8. The number of benzene rings is 2. The third kappa shape index (κ3) is 3.41. The van der Waals surface area contributed by atoms with Crippen molar-refractivity contribution in [3.8, 4) is 0 Å². The number of aryl methyl sites for hydroxylation is 1. The van der Waals surface area contributed by atoms with Crippen molar-refractivity contribution in [1.82, 2.24) is 4.72 Å². The highest BCUT2D eigenvalue weighted by atomic mass is 79.9. The lowest BCUT2D eigenvalue weighted by atomic mass is 10.1. The monoisotopic (exact) mass is 373 g/mol. The summed E-state index contributed by atoms with van der Waals surface area (Å²) < 4.78 is 27.6. The van der Waals surface area contributed by atoms with Crippen LogP contribution in [0.1, 0.15) is 11.1 Å². The molecule has 0 aromatic heterocycles. The van der Waals surface area contributed by atoms with Gasteiger partial charge in [-0.3, -0.25) is 0 Å². The van der Waals surface area contributed by atoms with Crippen LogP contribution < -0.4 is 4.72 Å². The van der Waals surface area contributed by atoms with Crippen LogP contribution in [0.25, 0.3) is 0 Å². The summed E-state index contributed by atoms with van der Waals surface area (Å²) in [5, 5.41) is 0.555. The summed E-state index contributed by atoms with van der Waals surface area (Å²) in [7, 11) is -3.58. The fourth-order valence-electron chi connectivity index (χ4n) is 1.80. The van der Waals surface area contributed by atoms with Crippen molar-refractivity contribution in [1.29, 1.82) is 0 Å². The lowest BCUT2D eigenvalue weighted by Gasteiger charge is -2.11. The standard InChI is InChI=1S/C14H13BrClNO2S/c1-10-5-4-7-13(16)11(10)9-17-20(18,19)14-8-3-2-6-12(14)15/h2-8,17H,9H2,1H3. The quantitative estimate of drug-likeness (QED) is 0.882. The summed E-state index contributed by atoms with van der Waals surface area (Å²) in [4.78, 5) is 0.213. The van der Waals surface area contributed by atoms with Crippen LogP contribution in [0.3, 0.4) is 0 Å². The second kappa shape index (κ2) is 6.26. The van der Waals surface area contributed by atoms with Gasteiger partial charge in [0.1, 0.15) is 0 Å². The molecule has 0 atom stereocenters. The van der Waals surface area contributed by atoms with Crippen LogP contribution in [0.4, 0.5) is 0 Å². The molecule has 106 valence electrons. The van der Waals surface area contributed by atoms with E-state index in [0.717, 1.165) is 11.1 Å². The Morgan fingerprint density at radius 1 is 1.15 bits per heavy atom. The molecule has 0 fully saturated rings. The second-order valence-electron chi connectivity index (χ2n) is 4.29. The van der Waals surface area contributed by atoms with Gasteiger partial charge < -0.3 is 0 Å². The molecule has 2 rings (SSSR count). The third-order valence-corrected chi connectivity index (χ3v) is 5.69. The molecule has 0 heterocycles. The summed E-state index contributed by atoms with van der Waals surface area (Å²) in [6, 6.07) is 12.2. The van der Waals surface area contributed by atoms with Crippen molar-refractivity contribution < 1.29 is 8.42 Å². The Balaban J connectivity index is 2.25. The Hall–Kier alpha value is -0.880. The zero-order valence-electron chi connectivity index (χ0n) is 10.7. The molecule has 2 aromatic rings. The van der Waals surface area contributed by atoms with E-state index < -0.39 is 10.0 Å². The first-order valence-electron chi connectivity index (χ1n) is 5.90. The summed E-state index contributed by atoms with van der Waals surface area (Å²) in [5.41, 5.74) is 1.73. The van der Waals surface area contributed by atoms with E-state index in [9.17, 15) is 8.42 Å². The molecule has 2 aromatic carbocycles. The molecule has 0 radical (unpaired) electrons. The lowest BCUT2D eigenvalue weighted by Crippen LogP contribution is -2.24. The van der Waals surface area contributed by atoms with Crippen molar-refractivity contribution in [2.24, 2.45) is 0 Å². The van der Waals surface area contributed by atoms with Gasteiger partial charge in [0, 0.05) is 16.0 Å². The molecule has 0 bridgehead atoms. The third-order valence-electron chi connectivity index (χ3n) is 2.92. The smallest absolute Gasteiger partial charge is 0.207 e. The van der Waals surface area contributed by atoms with Gasteiger partial charge in [-0.05, 0) is 52.2 Å². The highest BCUT2D eigenvalue weighted by molar-refractivity contribution is 9.10. The van der Waals surface area contributed by atoms with Gasteiger partial charge in [-0.1, -0.05) is 35.9 Å². The van der Waals surface area contributed by atoms with Gasteiger partial charge >= 0.3 is 0 Å². The van der Waals surface area contributed by atoms with E-state index in [1.54, 1.807) is 30.3 Å². The van der Waals surface area contributed by atoms with Crippen molar-refractivity contribution in [3.05, 3.63) is 63.1 Å². The number of halogens is 2. The molecule has 0 amide bonds. The van der Waals surface area contributed by atoms with Crippen molar-refractivity contribution in [2.45, 2.75) is 18.4 Å². The van der Waals surface area contributed by atoms with Crippen molar-refractivity contribution in [3.63, 3.8) is 0 Å². The molecule has 6 heteroatoms. The lowest BCUT2D eigenvalue weighted by molar-refractivity contribution is 0.580. The maximum atomic E-state index is 12.3. The maximum Gasteiger partial charge on any atom is 0.241 e. The Morgan fingerprint density at radius 2 is 1.85 bits per heavy atom. The number of sulfonamides is 1. The minimum atomic E-state index is -3.58. The zero-order valence-corrected chi connectivity index (χ0v) is 13.9. The number of rotatable bonds is 4. The molecule has 0 aliphatic carbocycles. The molecule has 1 N–H and O–H groups in total. The van der Waals surface area contributed by atoms with Crippen molar-refractivity contribution >= 4 is 37.6 Å². The fourth-order valence-corrected chi connectivity index (χ4v) is 4.08. The van der Waals surface area contributed by atoms with Gasteiger partial charge in [0.2, 0.25) is 10.0 Å². The largest absolute Gasteiger partial charge is 0.241 e. The van der Waals surface area contributed by atoms with Gasteiger partial charge in [-0.15, -0.1) is 0 Å². The Bertz CT molecular complexity index is 711.